The molecule has 2 heterocycles. The lowest BCUT2D eigenvalue weighted by Gasteiger charge is -2.33. The van der Waals surface area contributed by atoms with Crippen LogP contribution in [0.5, 0.6) is 0 Å². The maximum Gasteiger partial charge on any atom is 0.298 e. The average Bonchev–Trinajstić information content (AvgIpc) is 3.00. The van der Waals surface area contributed by atoms with Gasteiger partial charge in [0.15, 0.2) is 5.13 Å². The molecule has 1 saturated heterocycles. The van der Waals surface area contributed by atoms with Crippen LogP contribution in [0.4, 0.5) is 5.13 Å². The quantitative estimate of drug-likeness (QED) is 0.753. The minimum Gasteiger partial charge on any atom is -0.345 e. The van der Waals surface area contributed by atoms with Crippen LogP contribution in [0.25, 0.3) is 0 Å². The number of carbonyl (C=O) groups is 1. The van der Waals surface area contributed by atoms with Crippen molar-refractivity contribution in [1.82, 2.24) is 9.88 Å². The van der Waals surface area contributed by atoms with Crippen molar-refractivity contribution in [2.75, 3.05) is 31.1 Å². The molecule has 1 amide bonds. The van der Waals surface area contributed by atoms with Gasteiger partial charge < -0.3 is 9.80 Å². The van der Waals surface area contributed by atoms with E-state index in [0.717, 1.165) is 23.8 Å². The Morgan fingerprint density at radius 1 is 1.18 bits per heavy atom. The number of halogens is 1. The molecule has 22 heavy (non-hydrogen) atoms. The highest BCUT2D eigenvalue weighted by Gasteiger charge is 2.21. The van der Waals surface area contributed by atoms with E-state index in [4.69, 9.17) is 11.6 Å². The Morgan fingerprint density at radius 3 is 2.55 bits per heavy atom. The molecule has 1 aromatic carbocycles. The van der Waals surface area contributed by atoms with Crippen molar-refractivity contribution in [1.29, 1.82) is 0 Å². The number of carbonyl (C=O) groups excluding carboxylic acids is 1. The lowest BCUT2D eigenvalue weighted by Crippen LogP contribution is -2.48. The molecule has 6 heteroatoms. The molecule has 0 atom stereocenters. The van der Waals surface area contributed by atoms with Crippen molar-refractivity contribution in [3.63, 3.8) is 0 Å². The Balaban J connectivity index is 1.57. The van der Waals surface area contributed by atoms with Gasteiger partial charge in [0.25, 0.3) is 5.91 Å². The topological polar surface area (TPSA) is 36.4 Å². The van der Waals surface area contributed by atoms with Crippen molar-refractivity contribution in [3.8, 4) is 11.8 Å². The summed E-state index contributed by atoms with van der Waals surface area (Å²) < 4.78 is 0.683. The van der Waals surface area contributed by atoms with E-state index in [9.17, 15) is 4.79 Å². The van der Waals surface area contributed by atoms with Crippen LogP contribution in [-0.4, -0.2) is 42.0 Å². The molecule has 0 radical (unpaired) electrons. The number of aromatic nitrogens is 1. The monoisotopic (exact) mass is 331 g/mol. The fourth-order valence-electron chi connectivity index (χ4n) is 2.22. The lowest BCUT2D eigenvalue weighted by molar-refractivity contribution is -0.125. The number of rotatable bonds is 1. The third-order valence-corrected chi connectivity index (χ3v) is 4.57. The number of anilines is 1. The van der Waals surface area contributed by atoms with E-state index >= 15 is 0 Å². The third kappa shape index (κ3) is 3.59. The molecular formula is C16H14ClN3OS. The molecule has 2 aromatic rings. The molecule has 112 valence electrons. The molecule has 0 N–H and O–H groups in total. The van der Waals surface area contributed by atoms with Crippen LogP contribution < -0.4 is 4.90 Å². The zero-order valence-electron chi connectivity index (χ0n) is 11.8. The fraction of sp³-hybridized carbons (Fsp3) is 0.250. The maximum absolute atomic E-state index is 12.1. The largest absolute Gasteiger partial charge is 0.345 e. The van der Waals surface area contributed by atoms with E-state index in [1.165, 1.54) is 11.3 Å². The van der Waals surface area contributed by atoms with Crippen LogP contribution >= 0.6 is 22.9 Å². The number of piperazine rings is 1. The van der Waals surface area contributed by atoms with Gasteiger partial charge >= 0.3 is 0 Å². The number of thiazole rings is 1. The summed E-state index contributed by atoms with van der Waals surface area (Å²) in [6.07, 6.45) is 1.66. The summed E-state index contributed by atoms with van der Waals surface area (Å²) in [6.45, 7) is 2.81. The molecule has 0 unspecified atom stereocenters. The van der Waals surface area contributed by atoms with Crippen LogP contribution in [0.1, 0.15) is 5.56 Å². The molecular weight excluding hydrogens is 318 g/mol. The summed E-state index contributed by atoms with van der Waals surface area (Å²) in [4.78, 5) is 20.3. The SMILES string of the molecule is O=C(C#Cc1ccccc1)N1CCN(c2ncc(Cl)s2)CC1. The number of nitrogens with zero attached hydrogens (tertiary/aromatic N) is 3. The average molecular weight is 332 g/mol. The van der Waals surface area contributed by atoms with Gasteiger partial charge in [0.05, 0.1) is 6.20 Å². The number of amides is 1. The summed E-state index contributed by atoms with van der Waals surface area (Å²) >= 11 is 7.37. The highest BCUT2D eigenvalue weighted by molar-refractivity contribution is 7.19. The number of hydrogen-bond acceptors (Lipinski definition) is 4. The van der Waals surface area contributed by atoms with Gasteiger partial charge in [-0.25, -0.2) is 4.98 Å². The predicted octanol–water partition coefficient (Wildman–Crippen LogP) is 2.50. The van der Waals surface area contributed by atoms with Gasteiger partial charge in [-0.05, 0) is 12.1 Å². The number of benzene rings is 1. The van der Waals surface area contributed by atoms with Crippen molar-refractivity contribution < 1.29 is 4.79 Å². The molecule has 3 rings (SSSR count). The van der Waals surface area contributed by atoms with Crippen LogP contribution in [0, 0.1) is 11.8 Å². The normalized spacial score (nSPS) is 14.4. The summed E-state index contributed by atoms with van der Waals surface area (Å²) in [5.74, 6) is 5.49. The molecule has 1 aliphatic rings. The Bertz CT molecular complexity index is 712. The highest BCUT2D eigenvalue weighted by Crippen LogP contribution is 2.26. The second-order valence-corrected chi connectivity index (χ2v) is 6.48. The second kappa shape index (κ2) is 6.82. The van der Waals surface area contributed by atoms with Crippen molar-refractivity contribution in [2.45, 2.75) is 0 Å². The van der Waals surface area contributed by atoms with E-state index in [2.05, 4.69) is 21.7 Å². The second-order valence-electron chi connectivity index (χ2n) is 4.84. The minimum absolute atomic E-state index is 0.124. The lowest BCUT2D eigenvalue weighted by atomic mass is 10.2. The summed E-state index contributed by atoms with van der Waals surface area (Å²) in [5.41, 5.74) is 0.854. The van der Waals surface area contributed by atoms with Crippen molar-refractivity contribution in [3.05, 3.63) is 46.4 Å². The summed E-state index contributed by atoms with van der Waals surface area (Å²) in [7, 11) is 0. The highest BCUT2D eigenvalue weighted by atomic mass is 35.5. The van der Waals surface area contributed by atoms with Crippen molar-refractivity contribution >= 4 is 34.0 Å². The Morgan fingerprint density at radius 2 is 1.91 bits per heavy atom. The fourth-order valence-corrected chi connectivity index (χ4v) is 3.17. The van der Waals surface area contributed by atoms with Gasteiger partial charge in [0.2, 0.25) is 0 Å². The van der Waals surface area contributed by atoms with Crippen LogP contribution in [-0.2, 0) is 4.79 Å². The van der Waals surface area contributed by atoms with Crippen LogP contribution in [0.3, 0.4) is 0 Å². The summed E-state index contributed by atoms with van der Waals surface area (Å²) in [6, 6.07) is 9.53. The first kappa shape index (κ1) is 14.9. The molecule has 0 spiro atoms. The van der Waals surface area contributed by atoms with Crippen LogP contribution in [0.2, 0.25) is 4.34 Å². The molecule has 1 aliphatic heterocycles. The maximum atomic E-state index is 12.1. The van der Waals surface area contributed by atoms with Gasteiger partial charge in [-0.3, -0.25) is 4.79 Å². The molecule has 4 nitrogen and oxygen atoms in total. The third-order valence-electron chi connectivity index (χ3n) is 3.39. The van der Waals surface area contributed by atoms with Gasteiger partial charge in [-0.1, -0.05) is 47.1 Å². The van der Waals surface area contributed by atoms with E-state index in [1.807, 2.05) is 30.3 Å². The molecule has 1 fully saturated rings. The summed E-state index contributed by atoms with van der Waals surface area (Å²) in [5, 5.41) is 0.910. The molecule has 1 aromatic heterocycles. The van der Waals surface area contributed by atoms with Crippen LogP contribution in [0.15, 0.2) is 36.5 Å². The molecule has 0 bridgehead atoms. The van der Waals surface area contributed by atoms with E-state index < -0.39 is 0 Å². The first-order valence-corrected chi connectivity index (χ1v) is 8.14. The van der Waals surface area contributed by atoms with Gasteiger partial charge in [-0.2, -0.15) is 0 Å². The first-order chi connectivity index (χ1) is 10.7. The molecule has 0 aliphatic carbocycles. The Labute approximate surface area is 138 Å². The zero-order valence-corrected chi connectivity index (χ0v) is 13.4. The smallest absolute Gasteiger partial charge is 0.298 e. The zero-order chi connectivity index (χ0) is 15.4. The van der Waals surface area contributed by atoms with Gasteiger partial charge in [0.1, 0.15) is 4.34 Å². The van der Waals surface area contributed by atoms with Gasteiger partial charge in [-0.15, -0.1) is 0 Å². The first-order valence-electron chi connectivity index (χ1n) is 6.94. The number of hydrogen-bond donors (Lipinski definition) is 0. The Hall–Kier alpha value is -2.03. The Kier molecular flexibility index (Phi) is 4.62. The van der Waals surface area contributed by atoms with Gasteiger partial charge in [0, 0.05) is 37.7 Å². The minimum atomic E-state index is -0.124. The standard InChI is InChI=1S/C16H14ClN3OS/c17-14-12-18-16(22-14)20-10-8-19(9-11-20)15(21)7-6-13-4-2-1-3-5-13/h1-5,12H,8-11H2. The predicted molar refractivity (Wildman–Crippen MR) is 89.2 cm³/mol. The van der Waals surface area contributed by atoms with E-state index in [0.29, 0.717) is 17.4 Å². The van der Waals surface area contributed by atoms with Crippen molar-refractivity contribution in [2.24, 2.45) is 0 Å². The molecule has 0 saturated carbocycles. The van der Waals surface area contributed by atoms with E-state index in [-0.39, 0.29) is 5.91 Å². The van der Waals surface area contributed by atoms with E-state index in [1.54, 1.807) is 11.1 Å².